The van der Waals surface area contributed by atoms with Gasteiger partial charge in [-0.2, -0.15) is 0 Å². The van der Waals surface area contributed by atoms with E-state index in [1.165, 1.54) is 6.92 Å². The van der Waals surface area contributed by atoms with E-state index in [2.05, 4.69) is 0 Å². The lowest BCUT2D eigenvalue weighted by Gasteiger charge is -2.31. The molecule has 0 aromatic rings. The SMILES string of the molecule is CCCCCCS(=O)(=O)C(C)(CCC)S(=O)[O-]. The van der Waals surface area contributed by atoms with E-state index in [9.17, 15) is 17.2 Å². The van der Waals surface area contributed by atoms with E-state index in [0.29, 0.717) is 12.8 Å². The van der Waals surface area contributed by atoms with Crippen molar-refractivity contribution < 1.29 is 17.2 Å². The molecule has 2 atom stereocenters. The second-order valence-corrected chi connectivity index (χ2v) is 8.67. The Labute approximate surface area is 107 Å². The van der Waals surface area contributed by atoms with Gasteiger partial charge in [-0.05, 0) is 30.8 Å². The highest BCUT2D eigenvalue weighted by atomic mass is 32.3. The maximum absolute atomic E-state index is 12.1. The van der Waals surface area contributed by atoms with Crippen LogP contribution in [0.15, 0.2) is 0 Å². The van der Waals surface area contributed by atoms with Crippen molar-refractivity contribution >= 4 is 20.9 Å². The number of hydrogen-bond donors (Lipinski definition) is 0. The van der Waals surface area contributed by atoms with Gasteiger partial charge in [-0.1, -0.05) is 39.5 Å². The summed E-state index contributed by atoms with van der Waals surface area (Å²) in [4.78, 5) is 0. The lowest BCUT2D eigenvalue weighted by Crippen LogP contribution is -2.41. The lowest BCUT2D eigenvalue weighted by molar-refractivity contribution is 0.495. The Morgan fingerprint density at radius 3 is 2.12 bits per heavy atom. The zero-order valence-electron chi connectivity index (χ0n) is 10.9. The molecule has 0 rings (SSSR count). The van der Waals surface area contributed by atoms with Gasteiger partial charge in [0.15, 0.2) is 9.84 Å². The van der Waals surface area contributed by atoms with Crippen molar-refractivity contribution in [3.8, 4) is 0 Å². The Kier molecular flexibility index (Phi) is 7.51. The third-order valence-electron chi connectivity index (χ3n) is 2.98. The summed E-state index contributed by atoms with van der Waals surface area (Å²) in [6.45, 7) is 5.15. The molecule has 0 aliphatic heterocycles. The van der Waals surface area contributed by atoms with Crippen molar-refractivity contribution in [2.75, 3.05) is 5.75 Å². The maximum Gasteiger partial charge on any atom is 0.166 e. The minimum Gasteiger partial charge on any atom is -0.771 e. The second-order valence-electron chi connectivity index (χ2n) is 4.50. The monoisotopic (exact) mass is 283 g/mol. The van der Waals surface area contributed by atoms with E-state index in [1.807, 2.05) is 6.92 Å². The Balaban J connectivity index is 4.68. The van der Waals surface area contributed by atoms with Gasteiger partial charge >= 0.3 is 0 Å². The lowest BCUT2D eigenvalue weighted by atomic mass is 10.2. The summed E-state index contributed by atoms with van der Waals surface area (Å²) in [5, 5.41) is 0. The molecule has 0 aliphatic carbocycles. The van der Waals surface area contributed by atoms with E-state index < -0.39 is 25.0 Å². The van der Waals surface area contributed by atoms with Crippen LogP contribution >= 0.6 is 0 Å². The third kappa shape index (κ3) is 4.67. The minimum absolute atomic E-state index is 0.0303. The van der Waals surface area contributed by atoms with Gasteiger partial charge in [0.05, 0.1) is 5.75 Å². The second kappa shape index (κ2) is 7.48. The summed E-state index contributed by atoms with van der Waals surface area (Å²) in [5.74, 6) is -0.0303. The van der Waals surface area contributed by atoms with Gasteiger partial charge < -0.3 is 4.55 Å². The fourth-order valence-corrected chi connectivity index (χ4v) is 4.71. The highest BCUT2D eigenvalue weighted by Crippen LogP contribution is 2.28. The molecule has 104 valence electrons. The van der Waals surface area contributed by atoms with Crippen molar-refractivity contribution in [2.45, 2.75) is 63.4 Å². The third-order valence-corrected chi connectivity index (χ3v) is 7.41. The van der Waals surface area contributed by atoms with Crippen LogP contribution in [-0.4, -0.2) is 27.0 Å². The van der Waals surface area contributed by atoms with Crippen molar-refractivity contribution in [1.82, 2.24) is 0 Å². The van der Waals surface area contributed by atoms with Crippen molar-refractivity contribution in [2.24, 2.45) is 0 Å². The highest BCUT2D eigenvalue weighted by molar-refractivity contribution is 8.05. The van der Waals surface area contributed by atoms with Gasteiger partial charge in [0.25, 0.3) is 0 Å². The van der Waals surface area contributed by atoms with Crippen molar-refractivity contribution in [1.29, 1.82) is 0 Å². The van der Waals surface area contributed by atoms with E-state index in [4.69, 9.17) is 0 Å². The summed E-state index contributed by atoms with van der Waals surface area (Å²) < 4.78 is 44.8. The molecule has 17 heavy (non-hydrogen) atoms. The molecular formula is C11H23O4S2-. The Morgan fingerprint density at radius 2 is 1.71 bits per heavy atom. The van der Waals surface area contributed by atoms with Crippen LogP contribution in [0.25, 0.3) is 0 Å². The molecule has 0 saturated carbocycles. The average molecular weight is 283 g/mol. The van der Waals surface area contributed by atoms with Gasteiger partial charge in [-0.3, -0.25) is 4.21 Å². The highest BCUT2D eigenvalue weighted by Gasteiger charge is 2.39. The van der Waals surface area contributed by atoms with Crippen LogP contribution in [0.2, 0.25) is 0 Å². The molecule has 6 heteroatoms. The summed E-state index contributed by atoms with van der Waals surface area (Å²) >= 11 is -2.58. The normalized spacial score (nSPS) is 17.6. The van der Waals surface area contributed by atoms with Crippen LogP contribution in [0.1, 0.15) is 59.3 Å². The van der Waals surface area contributed by atoms with E-state index in [-0.39, 0.29) is 12.2 Å². The Hall–Kier alpha value is 0.0600. The van der Waals surface area contributed by atoms with Crippen LogP contribution in [-0.2, 0) is 20.9 Å². The molecule has 4 nitrogen and oxygen atoms in total. The van der Waals surface area contributed by atoms with Crippen LogP contribution in [0.5, 0.6) is 0 Å². The summed E-state index contributed by atoms with van der Waals surface area (Å²) in [5.41, 5.74) is 0. The first-order chi connectivity index (χ1) is 7.81. The number of hydrogen-bond acceptors (Lipinski definition) is 4. The topological polar surface area (TPSA) is 74.3 Å². The number of sulfone groups is 1. The predicted molar refractivity (Wildman–Crippen MR) is 70.2 cm³/mol. The first kappa shape index (κ1) is 17.1. The van der Waals surface area contributed by atoms with Crippen LogP contribution in [0.4, 0.5) is 0 Å². The Bertz CT molecular complexity index is 337. The summed E-state index contributed by atoms with van der Waals surface area (Å²) in [7, 11) is -3.58. The largest absolute Gasteiger partial charge is 0.771 e. The smallest absolute Gasteiger partial charge is 0.166 e. The van der Waals surface area contributed by atoms with Crippen LogP contribution < -0.4 is 0 Å². The average Bonchev–Trinajstić information content (AvgIpc) is 2.24. The molecule has 0 spiro atoms. The molecule has 0 aromatic carbocycles. The first-order valence-corrected chi connectivity index (χ1v) is 8.86. The van der Waals surface area contributed by atoms with Gasteiger partial charge in [0.2, 0.25) is 0 Å². The minimum atomic E-state index is -3.58. The zero-order valence-corrected chi connectivity index (χ0v) is 12.5. The molecule has 0 amide bonds. The van der Waals surface area contributed by atoms with Gasteiger partial charge in [0.1, 0.15) is 4.08 Å². The van der Waals surface area contributed by atoms with Crippen LogP contribution in [0, 0.1) is 0 Å². The molecule has 2 unspecified atom stereocenters. The van der Waals surface area contributed by atoms with Gasteiger partial charge in [0, 0.05) is 0 Å². The molecule has 0 bridgehead atoms. The maximum atomic E-state index is 12.1. The van der Waals surface area contributed by atoms with E-state index in [1.54, 1.807) is 6.92 Å². The van der Waals surface area contributed by atoms with Crippen molar-refractivity contribution in [3.63, 3.8) is 0 Å². The molecular weight excluding hydrogens is 260 g/mol. The number of unbranched alkanes of at least 4 members (excludes halogenated alkanes) is 3. The molecule has 0 heterocycles. The van der Waals surface area contributed by atoms with Crippen LogP contribution in [0.3, 0.4) is 0 Å². The standard InChI is InChI=1S/C11H24O4S2/c1-4-6-7-8-10-17(14,15)11(3,9-5-2)16(12)13/h4-10H2,1-3H3,(H,12,13)/p-1. The molecule has 0 aliphatic rings. The Morgan fingerprint density at radius 1 is 1.12 bits per heavy atom. The molecule has 0 aromatic heterocycles. The van der Waals surface area contributed by atoms with Gasteiger partial charge in [-0.25, -0.2) is 8.42 Å². The molecule has 0 radical (unpaired) electrons. The predicted octanol–water partition coefficient (Wildman–Crippen LogP) is 2.38. The first-order valence-electron chi connectivity index (χ1n) is 6.13. The zero-order chi connectivity index (χ0) is 13.5. The molecule has 0 fully saturated rings. The van der Waals surface area contributed by atoms with E-state index >= 15 is 0 Å². The molecule has 0 N–H and O–H groups in total. The summed E-state index contributed by atoms with van der Waals surface area (Å²) in [6, 6.07) is 0. The van der Waals surface area contributed by atoms with Crippen molar-refractivity contribution in [3.05, 3.63) is 0 Å². The fourth-order valence-electron chi connectivity index (χ4n) is 1.73. The van der Waals surface area contributed by atoms with Gasteiger partial charge in [-0.15, -0.1) is 0 Å². The summed E-state index contributed by atoms with van der Waals surface area (Å²) in [6.07, 6.45) is 4.11. The quantitative estimate of drug-likeness (QED) is 0.481. The van der Waals surface area contributed by atoms with E-state index in [0.717, 1.165) is 19.3 Å². The number of rotatable bonds is 9. The fraction of sp³-hybridized carbons (Fsp3) is 1.00. The molecule has 0 saturated heterocycles.